The standard InChI is InChI=1S/C29H34FN3O3S/c1-4-6-11-25(28(34)33-18-9-7-8-10-20(33)3)32-17-16-24(31)22-13-12-21(19-23(22)30)26-14-15-27(37-26)29(35)36-5-2/h6,11-17,19-20,31H,4-5,7-10,18H2,1-3H3/b11-6+,17-16+,31-24?,32-25-/t20-/m1/s1. The van der Waals surface area contributed by atoms with E-state index in [1.807, 2.05) is 17.9 Å². The molecule has 0 aliphatic carbocycles. The number of likely N-dealkylation sites (tertiary alicyclic amines) is 1. The largest absolute Gasteiger partial charge is 0.462 e. The third kappa shape index (κ3) is 7.55. The van der Waals surface area contributed by atoms with Crippen molar-refractivity contribution >= 4 is 34.6 Å². The number of carbonyl (C=O) groups excluding carboxylic acids is 2. The number of nitrogens with one attached hydrogen (secondary N) is 1. The average molecular weight is 524 g/mol. The third-order valence-corrected chi connectivity index (χ3v) is 7.24. The van der Waals surface area contributed by atoms with E-state index < -0.39 is 11.8 Å². The van der Waals surface area contributed by atoms with Gasteiger partial charge in [0.05, 0.1) is 12.3 Å². The SMILES string of the molecule is CC/C=C/C(=N/C=C/C(=N)c1ccc(-c2ccc(C(=O)OCC)s2)cc1F)C(=O)N1CCCCC[C@H]1C. The molecule has 1 amide bonds. The fourth-order valence-corrected chi connectivity index (χ4v) is 4.99. The van der Waals surface area contributed by atoms with Gasteiger partial charge in [-0.1, -0.05) is 31.9 Å². The van der Waals surface area contributed by atoms with Gasteiger partial charge in [-0.05, 0) is 75.1 Å². The summed E-state index contributed by atoms with van der Waals surface area (Å²) >= 11 is 1.23. The van der Waals surface area contributed by atoms with E-state index in [9.17, 15) is 14.0 Å². The van der Waals surface area contributed by atoms with Crippen LogP contribution in [0.15, 0.2) is 59.8 Å². The van der Waals surface area contributed by atoms with Gasteiger partial charge in [-0.15, -0.1) is 11.3 Å². The number of amides is 1. The number of benzene rings is 1. The highest BCUT2D eigenvalue weighted by atomic mass is 32.1. The quantitative estimate of drug-likeness (QED) is 0.289. The molecule has 8 heteroatoms. The summed E-state index contributed by atoms with van der Waals surface area (Å²) in [7, 11) is 0. The molecule has 1 atom stereocenters. The number of hydrogen-bond donors (Lipinski definition) is 1. The number of carbonyl (C=O) groups is 2. The second-order valence-electron chi connectivity index (χ2n) is 8.83. The zero-order valence-electron chi connectivity index (χ0n) is 21.6. The molecule has 1 saturated heterocycles. The number of hydrogen-bond acceptors (Lipinski definition) is 6. The summed E-state index contributed by atoms with van der Waals surface area (Å²) in [5, 5.41) is 8.33. The van der Waals surface area contributed by atoms with Gasteiger partial charge >= 0.3 is 5.97 Å². The molecule has 1 N–H and O–H groups in total. The summed E-state index contributed by atoms with van der Waals surface area (Å²) in [5.41, 5.74) is 0.988. The second-order valence-corrected chi connectivity index (χ2v) is 9.91. The van der Waals surface area contributed by atoms with Gasteiger partial charge in [0, 0.05) is 29.2 Å². The first-order chi connectivity index (χ1) is 17.8. The monoisotopic (exact) mass is 523 g/mol. The number of nitrogens with zero attached hydrogens (tertiary/aromatic N) is 2. The zero-order chi connectivity index (χ0) is 26.8. The van der Waals surface area contributed by atoms with E-state index in [4.69, 9.17) is 10.1 Å². The lowest BCUT2D eigenvalue weighted by molar-refractivity contribution is -0.125. The Morgan fingerprint density at radius 3 is 2.73 bits per heavy atom. The van der Waals surface area contributed by atoms with Gasteiger partial charge in [-0.2, -0.15) is 0 Å². The molecular formula is C29H34FN3O3S. The molecule has 196 valence electrons. The highest BCUT2D eigenvalue weighted by Crippen LogP contribution is 2.30. The molecule has 0 bridgehead atoms. The van der Waals surface area contributed by atoms with Crippen LogP contribution in [-0.2, 0) is 9.53 Å². The van der Waals surface area contributed by atoms with Crippen molar-refractivity contribution in [3.05, 3.63) is 71.0 Å². The lowest BCUT2D eigenvalue weighted by Gasteiger charge is -2.27. The minimum atomic E-state index is -0.553. The smallest absolute Gasteiger partial charge is 0.348 e. The maximum atomic E-state index is 14.9. The van der Waals surface area contributed by atoms with E-state index >= 15 is 0 Å². The molecule has 6 nitrogen and oxygen atoms in total. The molecule has 1 aliphatic rings. The Hall–Kier alpha value is -3.39. The van der Waals surface area contributed by atoms with Crippen LogP contribution in [0.3, 0.4) is 0 Å². The van der Waals surface area contributed by atoms with E-state index in [1.54, 1.807) is 31.2 Å². The van der Waals surface area contributed by atoms with Crippen LogP contribution in [0.5, 0.6) is 0 Å². The molecule has 1 aromatic carbocycles. The first-order valence-corrected chi connectivity index (χ1v) is 13.5. The first-order valence-electron chi connectivity index (χ1n) is 12.7. The summed E-state index contributed by atoms with van der Waals surface area (Å²) < 4.78 is 19.9. The highest BCUT2D eigenvalue weighted by Gasteiger charge is 2.24. The number of thiophene rings is 1. The van der Waals surface area contributed by atoms with Crippen LogP contribution in [0.4, 0.5) is 4.39 Å². The molecule has 1 fully saturated rings. The minimum absolute atomic E-state index is 0.0550. The Labute approximate surface area is 222 Å². The molecule has 1 aromatic heterocycles. The maximum Gasteiger partial charge on any atom is 0.348 e. The van der Waals surface area contributed by atoms with Crippen molar-refractivity contribution in [2.75, 3.05) is 13.2 Å². The van der Waals surface area contributed by atoms with Crippen molar-refractivity contribution in [2.24, 2.45) is 4.99 Å². The van der Waals surface area contributed by atoms with E-state index in [2.05, 4.69) is 11.9 Å². The van der Waals surface area contributed by atoms with Crippen LogP contribution >= 0.6 is 11.3 Å². The molecule has 2 heterocycles. The number of esters is 1. The van der Waals surface area contributed by atoms with Gasteiger partial charge in [0.25, 0.3) is 5.91 Å². The molecule has 0 saturated carbocycles. The molecular weight excluding hydrogens is 489 g/mol. The van der Waals surface area contributed by atoms with Crippen LogP contribution < -0.4 is 0 Å². The van der Waals surface area contributed by atoms with Gasteiger partial charge in [0.2, 0.25) is 0 Å². The van der Waals surface area contributed by atoms with Gasteiger partial charge in [0.15, 0.2) is 0 Å². The van der Waals surface area contributed by atoms with Crippen molar-refractivity contribution in [1.29, 1.82) is 5.41 Å². The average Bonchev–Trinajstić information content (AvgIpc) is 3.28. The first kappa shape index (κ1) is 28.2. The summed E-state index contributed by atoms with van der Waals surface area (Å²) in [5.74, 6) is -1.08. The third-order valence-electron chi connectivity index (χ3n) is 6.13. The Morgan fingerprint density at radius 2 is 2.00 bits per heavy atom. The maximum absolute atomic E-state index is 14.9. The number of aliphatic imine (C=N–C) groups is 1. The number of ether oxygens (including phenoxy) is 1. The summed E-state index contributed by atoms with van der Waals surface area (Å²) in [6, 6.07) is 8.16. The van der Waals surface area contributed by atoms with E-state index in [1.165, 1.54) is 35.7 Å². The van der Waals surface area contributed by atoms with Crippen LogP contribution in [0, 0.1) is 11.2 Å². The molecule has 0 spiro atoms. The van der Waals surface area contributed by atoms with E-state index in [0.29, 0.717) is 22.7 Å². The lowest BCUT2D eigenvalue weighted by Crippen LogP contribution is -2.41. The normalized spacial score (nSPS) is 16.8. The van der Waals surface area contributed by atoms with Crippen molar-refractivity contribution in [1.82, 2.24) is 4.90 Å². The Bertz CT molecular complexity index is 1210. The molecule has 0 unspecified atom stereocenters. The lowest BCUT2D eigenvalue weighted by atomic mass is 10.1. The highest BCUT2D eigenvalue weighted by molar-refractivity contribution is 7.17. The Kier molecular flexibility index (Phi) is 10.5. The van der Waals surface area contributed by atoms with Gasteiger partial charge in [0.1, 0.15) is 16.4 Å². The van der Waals surface area contributed by atoms with E-state index in [0.717, 1.165) is 37.0 Å². The molecule has 0 radical (unpaired) electrons. The van der Waals surface area contributed by atoms with Crippen molar-refractivity contribution in [3.8, 4) is 10.4 Å². The zero-order valence-corrected chi connectivity index (χ0v) is 22.4. The number of rotatable bonds is 9. The van der Waals surface area contributed by atoms with Crippen LogP contribution in [0.25, 0.3) is 10.4 Å². The molecule has 37 heavy (non-hydrogen) atoms. The van der Waals surface area contributed by atoms with Crippen molar-refractivity contribution < 1.29 is 18.7 Å². The fraction of sp³-hybridized carbons (Fsp3) is 0.379. The summed E-state index contributed by atoms with van der Waals surface area (Å²) in [4.78, 5) is 32.5. The van der Waals surface area contributed by atoms with Gasteiger partial charge < -0.3 is 15.0 Å². The van der Waals surface area contributed by atoms with Crippen LogP contribution in [0.1, 0.15) is 68.1 Å². The van der Waals surface area contributed by atoms with Crippen LogP contribution in [-0.4, -0.2) is 47.4 Å². The summed E-state index contributed by atoms with van der Waals surface area (Å²) in [6.07, 6.45) is 11.3. The molecule has 3 rings (SSSR count). The van der Waals surface area contributed by atoms with Crippen molar-refractivity contribution in [2.45, 2.75) is 58.9 Å². The Balaban J connectivity index is 1.76. The van der Waals surface area contributed by atoms with Crippen molar-refractivity contribution in [3.63, 3.8) is 0 Å². The van der Waals surface area contributed by atoms with Gasteiger partial charge in [-0.3, -0.25) is 9.79 Å². The second kappa shape index (κ2) is 13.8. The molecule has 2 aromatic rings. The predicted molar refractivity (Wildman–Crippen MR) is 148 cm³/mol. The summed E-state index contributed by atoms with van der Waals surface area (Å²) in [6.45, 7) is 6.79. The topological polar surface area (TPSA) is 82.8 Å². The van der Waals surface area contributed by atoms with E-state index in [-0.39, 0.29) is 29.8 Å². The van der Waals surface area contributed by atoms with Crippen LogP contribution in [0.2, 0.25) is 0 Å². The molecule has 1 aliphatic heterocycles. The number of allylic oxidation sites excluding steroid dienone is 2. The Morgan fingerprint density at radius 1 is 1.19 bits per heavy atom. The number of halogens is 1. The predicted octanol–water partition coefficient (Wildman–Crippen LogP) is 6.81. The van der Waals surface area contributed by atoms with Gasteiger partial charge in [-0.25, -0.2) is 9.18 Å². The minimum Gasteiger partial charge on any atom is -0.462 e. The fourth-order valence-electron chi connectivity index (χ4n) is 4.10.